The minimum atomic E-state index is 0.00130. The Kier molecular flexibility index (Phi) is 4.58. The van der Waals surface area contributed by atoms with Gasteiger partial charge in [0.05, 0.1) is 39.7 Å². The smallest absolute Gasteiger partial charge is 0.231 e. The molecule has 148 valence electrons. The predicted molar refractivity (Wildman–Crippen MR) is 107 cm³/mol. The highest BCUT2D eigenvalue weighted by Gasteiger charge is 2.42. The molecule has 28 heavy (non-hydrogen) atoms. The Morgan fingerprint density at radius 1 is 1.21 bits per heavy atom. The van der Waals surface area contributed by atoms with Gasteiger partial charge in [-0.2, -0.15) is 0 Å². The molecular formula is C23H28NO4+. The molecule has 0 saturated carbocycles. The summed E-state index contributed by atoms with van der Waals surface area (Å²) in [4.78, 5) is 13.3. The van der Waals surface area contributed by atoms with Gasteiger partial charge in [-0.1, -0.05) is 23.8 Å². The number of fused-ring (bicyclic) bond motifs is 2. The lowest BCUT2D eigenvalue weighted by Crippen LogP contribution is -2.48. The molecule has 0 amide bonds. The number of Topliss-reactive ketones (excluding diaryl/α,β-unsaturated/α-hetero) is 1. The van der Waals surface area contributed by atoms with Crippen LogP contribution in [0.15, 0.2) is 24.3 Å². The lowest BCUT2D eigenvalue weighted by Gasteiger charge is -2.43. The molecule has 0 aliphatic carbocycles. The molecule has 5 heteroatoms. The number of ketones is 1. The van der Waals surface area contributed by atoms with Crippen LogP contribution in [0.4, 0.5) is 0 Å². The van der Waals surface area contributed by atoms with Gasteiger partial charge in [-0.05, 0) is 31.0 Å². The molecule has 2 heterocycles. The van der Waals surface area contributed by atoms with E-state index in [1.807, 2.05) is 26.0 Å². The highest BCUT2D eigenvalue weighted by molar-refractivity contribution is 5.98. The molecule has 2 aromatic rings. The molecule has 0 N–H and O–H groups in total. The maximum absolute atomic E-state index is 13.3. The van der Waals surface area contributed by atoms with Crippen LogP contribution in [0.2, 0.25) is 0 Å². The molecule has 0 fully saturated rings. The van der Waals surface area contributed by atoms with Crippen molar-refractivity contribution >= 4 is 5.78 Å². The van der Waals surface area contributed by atoms with Crippen molar-refractivity contribution in [1.29, 1.82) is 0 Å². The zero-order valence-electron chi connectivity index (χ0n) is 17.3. The molecule has 2 aliphatic heterocycles. The number of methoxy groups -OCH3 is 1. The first-order valence-corrected chi connectivity index (χ1v) is 9.74. The van der Waals surface area contributed by atoms with Crippen LogP contribution >= 0.6 is 0 Å². The van der Waals surface area contributed by atoms with Crippen molar-refractivity contribution < 1.29 is 23.5 Å². The van der Waals surface area contributed by atoms with E-state index in [4.69, 9.17) is 14.2 Å². The van der Waals surface area contributed by atoms with Gasteiger partial charge in [-0.25, -0.2) is 0 Å². The second-order valence-electron chi connectivity index (χ2n) is 8.43. The average molecular weight is 382 g/mol. The number of aryl methyl sites for hydroxylation is 2. The summed E-state index contributed by atoms with van der Waals surface area (Å²) in [6.45, 7) is 5.22. The molecule has 2 aromatic carbocycles. The number of hydrogen-bond donors (Lipinski definition) is 0. The van der Waals surface area contributed by atoms with Crippen molar-refractivity contribution in [2.45, 2.75) is 32.7 Å². The number of nitrogens with zero attached hydrogens (tertiary/aromatic N) is 1. The van der Waals surface area contributed by atoms with Crippen LogP contribution in [0.25, 0.3) is 0 Å². The van der Waals surface area contributed by atoms with Crippen LogP contribution in [0, 0.1) is 13.8 Å². The van der Waals surface area contributed by atoms with Gasteiger partial charge in [0.15, 0.2) is 17.3 Å². The summed E-state index contributed by atoms with van der Waals surface area (Å²) in [7, 11) is 6.04. The maximum Gasteiger partial charge on any atom is 0.231 e. The summed E-state index contributed by atoms with van der Waals surface area (Å²) < 4.78 is 17.8. The first kappa shape index (κ1) is 18.8. The number of carbonyl (C=O) groups excluding carboxylic acids is 1. The third-order valence-corrected chi connectivity index (χ3v) is 6.14. The quantitative estimate of drug-likeness (QED) is 0.593. The third-order valence-electron chi connectivity index (χ3n) is 6.14. The molecule has 0 radical (unpaired) electrons. The molecule has 2 aliphatic rings. The number of hydrogen-bond acceptors (Lipinski definition) is 4. The third kappa shape index (κ3) is 3.04. The lowest BCUT2D eigenvalue weighted by molar-refractivity contribution is -0.922. The van der Waals surface area contributed by atoms with Crippen LogP contribution in [0.1, 0.15) is 45.1 Å². The zero-order chi connectivity index (χ0) is 20.1. The van der Waals surface area contributed by atoms with E-state index >= 15 is 0 Å². The van der Waals surface area contributed by atoms with Gasteiger partial charge in [-0.15, -0.1) is 0 Å². The van der Waals surface area contributed by atoms with Crippen molar-refractivity contribution in [3.05, 3.63) is 52.1 Å². The van der Waals surface area contributed by atoms with Crippen LogP contribution < -0.4 is 14.2 Å². The van der Waals surface area contributed by atoms with Gasteiger partial charge in [0.25, 0.3) is 0 Å². The standard InChI is InChI=1S/C23H28NO4/c1-14-6-7-17(15(2)10-14)19(25)12-18-21-16(8-9-24(18,3)4)11-20-22(23(21)26-5)28-13-27-20/h6-7,10-11,18H,8-9,12-13H2,1-5H3/q+1. The van der Waals surface area contributed by atoms with E-state index in [0.717, 1.165) is 39.9 Å². The first-order valence-electron chi connectivity index (χ1n) is 9.74. The minimum absolute atomic E-state index is 0.00130. The molecule has 4 rings (SSSR count). The number of rotatable bonds is 4. The molecule has 1 unspecified atom stereocenters. The summed E-state index contributed by atoms with van der Waals surface area (Å²) in [6.07, 6.45) is 1.35. The topological polar surface area (TPSA) is 44.8 Å². The SMILES string of the molecule is COc1c2c(cc3c1C(CC(=O)c1ccc(C)cc1C)[N+](C)(C)CC3)OCO2. The molecule has 0 saturated heterocycles. The van der Waals surface area contributed by atoms with E-state index in [2.05, 4.69) is 26.2 Å². The van der Waals surface area contributed by atoms with E-state index in [1.54, 1.807) is 7.11 Å². The van der Waals surface area contributed by atoms with Crippen molar-refractivity contribution in [2.24, 2.45) is 0 Å². The monoisotopic (exact) mass is 382 g/mol. The van der Waals surface area contributed by atoms with Gasteiger partial charge in [-0.3, -0.25) is 4.79 Å². The van der Waals surface area contributed by atoms with E-state index < -0.39 is 0 Å². The summed E-state index contributed by atoms with van der Waals surface area (Å²) in [5, 5.41) is 0. The highest BCUT2D eigenvalue weighted by atomic mass is 16.7. The summed E-state index contributed by atoms with van der Waals surface area (Å²) in [5.41, 5.74) is 5.28. The molecular weight excluding hydrogens is 354 g/mol. The van der Waals surface area contributed by atoms with Crippen molar-refractivity contribution in [3.63, 3.8) is 0 Å². The fourth-order valence-corrected chi connectivity index (χ4v) is 4.53. The number of likely N-dealkylation sites (N-methyl/N-ethyl adjacent to an activating group) is 1. The zero-order valence-corrected chi connectivity index (χ0v) is 17.3. The van der Waals surface area contributed by atoms with Gasteiger partial charge >= 0.3 is 0 Å². The normalized spacial score (nSPS) is 19.2. The largest absolute Gasteiger partial charge is 0.492 e. The Balaban J connectivity index is 1.77. The Labute approximate surface area is 166 Å². The van der Waals surface area contributed by atoms with Gasteiger partial charge in [0.2, 0.25) is 12.5 Å². The Hall–Kier alpha value is -2.53. The number of ether oxygens (including phenoxy) is 3. The predicted octanol–water partition coefficient (Wildman–Crippen LogP) is 3.99. The number of quaternary nitrogens is 1. The van der Waals surface area contributed by atoms with E-state index in [-0.39, 0.29) is 18.6 Å². The van der Waals surface area contributed by atoms with Crippen molar-refractivity contribution in [1.82, 2.24) is 0 Å². The van der Waals surface area contributed by atoms with Gasteiger partial charge < -0.3 is 18.7 Å². The van der Waals surface area contributed by atoms with Crippen LogP contribution in [0.3, 0.4) is 0 Å². The second-order valence-corrected chi connectivity index (χ2v) is 8.43. The minimum Gasteiger partial charge on any atom is -0.492 e. The number of benzene rings is 2. The summed E-state index contributed by atoms with van der Waals surface area (Å²) >= 11 is 0. The lowest BCUT2D eigenvalue weighted by atomic mass is 9.85. The molecule has 5 nitrogen and oxygen atoms in total. The Morgan fingerprint density at radius 3 is 2.71 bits per heavy atom. The first-order chi connectivity index (χ1) is 13.3. The van der Waals surface area contributed by atoms with Gasteiger partial charge in [0, 0.05) is 12.0 Å². The van der Waals surface area contributed by atoms with Crippen LogP contribution in [-0.4, -0.2) is 44.8 Å². The average Bonchev–Trinajstić information content (AvgIpc) is 3.10. The van der Waals surface area contributed by atoms with E-state index in [1.165, 1.54) is 11.1 Å². The van der Waals surface area contributed by atoms with E-state index in [0.29, 0.717) is 17.9 Å². The molecule has 1 atom stereocenters. The Bertz CT molecular complexity index is 948. The van der Waals surface area contributed by atoms with Crippen LogP contribution in [0.5, 0.6) is 17.2 Å². The van der Waals surface area contributed by atoms with Crippen molar-refractivity contribution in [2.75, 3.05) is 34.5 Å². The summed E-state index contributed by atoms with van der Waals surface area (Å²) in [6, 6.07) is 8.09. The van der Waals surface area contributed by atoms with Crippen molar-refractivity contribution in [3.8, 4) is 17.2 Å². The Morgan fingerprint density at radius 2 is 2.00 bits per heavy atom. The molecule has 0 aromatic heterocycles. The summed E-state index contributed by atoms with van der Waals surface area (Å²) in [5.74, 6) is 2.28. The van der Waals surface area contributed by atoms with Gasteiger partial charge in [0.1, 0.15) is 6.04 Å². The maximum atomic E-state index is 13.3. The fraction of sp³-hybridized carbons (Fsp3) is 0.435. The molecule has 0 spiro atoms. The highest BCUT2D eigenvalue weighted by Crippen LogP contribution is 2.51. The molecule has 0 bridgehead atoms. The number of carbonyl (C=O) groups is 1. The second kappa shape index (κ2) is 6.82. The van der Waals surface area contributed by atoms with Crippen LogP contribution in [-0.2, 0) is 6.42 Å². The fourth-order valence-electron chi connectivity index (χ4n) is 4.53. The van der Waals surface area contributed by atoms with E-state index in [9.17, 15) is 4.79 Å².